The smallest absolute Gasteiger partial charge is 0.267 e. The Balaban J connectivity index is 3.62. The monoisotopic (exact) mass is 336 g/mol. The van der Waals surface area contributed by atoms with Gasteiger partial charge in [0.05, 0.1) is 11.4 Å². The van der Waals surface area contributed by atoms with E-state index in [2.05, 4.69) is 6.92 Å². The first kappa shape index (κ1) is 21.9. The van der Waals surface area contributed by atoms with Gasteiger partial charge >= 0.3 is 0 Å². The summed E-state index contributed by atoms with van der Waals surface area (Å²) in [5.74, 6) is 0. The third-order valence-corrected chi connectivity index (χ3v) is 5.55. The van der Waals surface area contributed by atoms with Crippen molar-refractivity contribution in [1.29, 1.82) is 0 Å². The van der Waals surface area contributed by atoms with E-state index in [9.17, 15) is 13.5 Å². The highest BCUT2D eigenvalue weighted by Crippen LogP contribution is 2.17. The van der Waals surface area contributed by atoms with E-state index in [1.54, 1.807) is 0 Å². The highest BCUT2D eigenvalue weighted by atomic mass is 32.2. The molecule has 0 aliphatic rings. The number of hydrogen-bond donors (Lipinski definition) is 2. The fourth-order valence-electron chi connectivity index (χ4n) is 2.82. The lowest BCUT2D eigenvalue weighted by atomic mass is 10.0. The summed E-state index contributed by atoms with van der Waals surface area (Å²) in [6.45, 7) is 4.12. The van der Waals surface area contributed by atoms with Gasteiger partial charge in [-0.1, -0.05) is 71.6 Å². The largest absolute Gasteiger partial charge is 0.393 e. The van der Waals surface area contributed by atoms with E-state index in [1.165, 1.54) is 25.7 Å². The molecule has 4 nitrogen and oxygen atoms in total. The lowest BCUT2D eigenvalue weighted by molar-refractivity contribution is 0.147. The summed E-state index contributed by atoms with van der Waals surface area (Å²) in [4.78, 5) is 0. The molecule has 0 saturated heterocycles. The van der Waals surface area contributed by atoms with Crippen LogP contribution < -0.4 is 0 Å². The predicted molar refractivity (Wildman–Crippen MR) is 92.7 cm³/mol. The molecule has 0 aromatic heterocycles. The summed E-state index contributed by atoms with van der Waals surface area (Å²) in [6.07, 6.45) is 12.0. The van der Waals surface area contributed by atoms with Crippen molar-refractivity contribution in [3.63, 3.8) is 0 Å². The average Bonchev–Trinajstić information content (AvgIpc) is 2.44. The minimum Gasteiger partial charge on any atom is -0.393 e. The first-order valence-corrected chi connectivity index (χ1v) is 10.6. The van der Waals surface area contributed by atoms with Gasteiger partial charge in [0.15, 0.2) is 0 Å². The van der Waals surface area contributed by atoms with Crippen LogP contribution in [-0.4, -0.2) is 29.4 Å². The molecule has 0 aliphatic carbocycles. The fourth-order valence-corrected chi connectivity index (χ4v) is 3.82. The van der Waals surface area contributed by atoms with Crippen molar-refractivity contribution in [3.05, 3.63) is 0 Å². The number of hydrogen-bond acceptors (Lipinski definition) is 3. The SMILES string of the molecule is CCCCCCCC(O)CCCCCC(CCC)S(=O)(=O)O. The number of aliphatic hydroxyl groups excluding tert-OH is 1. The molecule has 0 aromatic rings. The Labute approximate surface area is 137 Å². The maximum atomic E-state index is 11.2. The van der Waals surface area contributed by atoms with Crippen LogP contribution in [0.5, 0.6) is 0 Å². The van der Waals surface area contributed by atoms with Crippen LogP contribution in [0.4, 0.5) is 0 Å². The third kappa shape index (κ3) is 12.4. The van der Waals surface area contributed by atoms with Gasteiger partial charge in [-0.3, -0.25) is 4.55 Å². The standard InChI is InChI=1S/C17H36O4S/c1-3-5-6-7-9-13-16(18)14-10-8-11-15-17(12-4-2)22(19,20)21/h16-18H,3-15H2,1-2H3,(H,19,20,21). The van der Waals surface area contributed by atoms with Crippen molar-refractivity contribution < 1.29 is 18.1 Å². The van der Waals surface area contributed by atoms with Gasteiger partial charge < -0.3 is 5.11 Å². The van der Waals surface area contributed by atoms with Crippen molar-refractivity contribution in [3.8, 4) is 0 Å². The zero-order valence-corrected chi connectivity index (χ0v) is 15.3. The Morgan fingerprint density at radius 3 is 1.73 bits per heavy atom. The zero-order chi connectivity index (χ0) is 16.8. The van der Waals surface area contributed by atoms with Crippen molar-refractivity contribution >= 4 is 10.1 Å². The molecular weight excluding hydrogens is 300 g/mol. The van der Waals surface area contributed by atoms with Crippen LogP contribution in [0.15, 0.2) is 0 Å². The van der Waals surface area contributed by atoms with Crippen LogP contribution >= 0.6 is 0 Å². The van der Waals surface area contributed by atoms with E-state index in [0.717, 1.165) is 44.9 Å². The second-order valence-corrected chi connectivity index (χ2v) is 8.12. The van der Waals surface area contributed by atoms with Gasteiger partial charge in [0.2, 0.25) is 0 Å². The third-order valence-electron chi connectivity index (χ3n) is 4.24. The molecule has 134 valence electrons. The molecule has 22 heavy (non-hydrogen) atoms. The minimum atomic E-state index is -3.90. The molecule has 0 aromatic carbocycles. The fraction of sp³-hybridized carbons (Fsp3) is 1.00. The van der Waals surface area contributed by atoms with E-state index in [-0.39, 0.29) is 6.10 Å². The summed E-state index contributed by atoms with van der Waals surface area (Å²) in [7, 11) is -3.90. The lowest BCUT2D eigenvalue weighted by Crippen LogP contribution is -2.20. The molecule has 0 radical (unpaired) electrons. The molecule has 0 heterocycles. The Bertz CT molecular complexity index is 341. The van der Waals surface area contributed by atoms with Crippen molar-refractivity contribution in [2.45, 2.75) is 109 Å². The van der Waals surface area contributed by atoms with E-state index in [4.69, 9.17) is 4.55 Å². The Morgan fingerprint density at radius 1 is 0.727 bits per heavy atom. The molecule has 2 N–H and O–H groups in total. The quantitative estimate of drug-likeness (QED) is 0.335. The topological polar surface area (TPSA) is 74.6 Å². The van der Waals surface area contributed by atoms with E-state index in [0.29, 0.717) is 12.8 Å². The summed E-state index contributed by atoms with van der Waals surface area (Å²) in [5.41, 5.74) is 0. The second kappa shape index (κ2) is 13.3. The summed E-state index contributed by atoms with van der Waals surface area (Å²) >= 11 is 0. The maximum Gasteiger partial charge on any atom is 0.267 e. The van der Waals surface area contributed by atoms with Gasteiger partial charge in [0.25, 0.3) is 10.1 Å². The van der Waals surface area contributed by atoms with E-state index in [1.807, 2.05) is 6.92 Å². The van der Waals surface area contributed by atoms with Gasteiger partial charge in [0, 0.05) is 0 Å². The highest BCUT2D eigenvalue weighted by Gasteiger charge is 2.21. The summed E-state index contributed by atoms with van der Waals surface area (Å²) < 4.78 is 31.5. The van der Waals surface area contributed by atoms with Crippen LogP contribution in [0.1, 0.15) is 97.3 Å². The Kier molecular flexibility index (Phi) is 13.2. The summed E-state index contributed by atoms with van der Waals surface area (Å²) in [5, 5.41) is 9.28. The Morgan fingerprint density at radius 2 is 1.23 bits per heavy atom. The zero-order valence-electron chi connectivity index (χ0n) is 14.5. The van der Waals surface area contributed by atoms with Gasteiger partial charge in [-0.2, -0.15) is 8.42 Å². The molecule has 0 rings (SSSR count). The molecular formula is C17H36O4S. The molecule has 0 amide bonds. The van der Waals surface area contributed by atoms with Crippen LogP contribution in [0.25, 0.3) is 0 Å². The van der Waals surface area contributed by atoms with Crippen molar-refractivity contribution in [2.75, 3.05) is 0 Å². The first-order chi connectivity index (χ1) is 10.4. The maximum absolute atomic E-state index is 11.2. The molecule has 2 atom stereocenters. The normalized spacial score (nSPS) is 14.9. The van der Waals surface area contributed by atoms with Crippen molar-refractivity contribution in [2.24, 2.45) is 0 Å². The van der Waals surface area contributed by atoms with Crippen molar-refractivity contribution in [1.82, 2.24) is 0 Å². The minimum absolute atomic E-state index is 0.213. The molecule has 0 saturated carbocycles. The average molecular weight is 337 g/mol. The first-order valence-electron chi connectivity index (χ1n) is 9.06. The molecule has 0 bridgehead atoms. The van der Waals surface area contributed by atoms with Crippen LogP contribution in [0, 0.1) is 0 Å². The number of aliphatic hydroxyl groups is 1. The molecule has 0 spiro atoms. The second-order valence-electron chi connectivity index (χ2n) is 6.42. The van der Waals surface area contributed by atoms with Crippen LogP contribution in [-0.2, 0) is 10.1 Å². The van der Waals surface area contributed by atoms with E-state index >= 15 is 0 Å². The predicted octanol–water partition coefficient (Wildman–Crippen LogP) is 4.71. The lowest BCUT2D eigenvalue weighted by Gasteiger charge is -2.13. The highest BCUT2D eigenvalue weighted by molar-refractivity contribution is 7.86. The molecule has 0 aliphatic heterocycles. The molecule has 5 heteroatoms. The number of unbranched alkanes of at least 4 members (excludes halogenated alkanes) is 6. The van der Waals surface area contributed by atoms with Crippen LogP contribution in [0.2, 0.25) is 0 Å². The van der Waals surface area contributed by atoms with Crippen LogP contribution in [0.3, 0.4) is 0 Å². The van der Waals surface area contributed by atoms with Gasteiger partial charge in [-0.25, -0.2) is 0 Å². The van der Waals surface area contributed by atoms with Gasteiger partial charge in [-0.15, -0.1) is 0 Å². The molecule has 0 fully saturated rings. The van der Waals surface area contributed by atoms with E-state index < -0.39 is 15.4 Å². The van der Waals surface area contributed by atoms with Gasteiger partial charge in [-0.05, 0) is 25.7 Å². The number of rotatable bonds is 15. The Hall–Kier alpha value is -0.130. The van der Waals surface area contributed by atoms with Gasteiger partial charge in [0.1, 0.15) is 0 Å². The molecule has 2 unspecified atom stereocenters. The summed E-state index contributed by atoms with van der Waals surface area (Å²) in [6, 6.07) is 0.